The van der Waals surface area contributed by atoms with Crippen LogP contribution in [0.15, 0.2) is 0 Å². The molecule has 0 aliphatic carbocycles. The van der Waals surface area contributed by atoms with Crippen LogP contribution in [0.5, 0.6) is 0 Å². The van der Waals surface area contributed by atoms with Crippen LogP contribution in [0.3, 0.4) is 0 Å². The van der Waals surface area contributed by atoms with E-state index in [1.807, 2.05) is 0 Å². The molecule has 0 amide bonds. The summed E-state index contributed by atoms with van der Waals surface area (Å²) in [6.07, 6.45) is -6.22. The molecule has 0 bridgehead atoms. The van der Waals surface area contributed by atoms with Gasteiger partial charge >= 0.3 is 12.1 Å². The summed E-state index contributed by atoms with van der Waals surface area (Å²) in [6.45, 7) is 1.30. The highest BCUT2D eigenvalue weighted by Crippen LogP contribution is 2.15. The molecule has 96 valence electrons. The first-order chi connectivity index (χ1) is 7.04. The van der Waals surface area contributed by atoms with E-state index in [1.165, 1.54) is 6.92 Å². The smallest absolute Gasteiger partial charge is 0.348 e. The van der Waals surface area contributed by atoms with E-state index in [4.69, 9.17) is 5.73 Å². The molecule has 0 heterocycles. The predicted octanol–water partition coefficient (Wildman–Crippen LogP) is -0.795. The van der Waals surface area contributed by atoms with E-state index >= 15 is 0 Å². The van der Waals surface area contributed by atoms with Crippen molar-refractivity contribution in [2.75, 3.05) is 5.94 Å². The highest BCUT2D eigenvalue weighted by Gasteiger charge is 2.42. The van der Waals surface area contributed by atoms with Crippen LogP contribution in [0.4, 0.5) is 13.2 Å². The standard InChI is InChI=1S/C5H9F3N2O5S/c1-3(9)14-2-16(12,13)10-15-4(11)5(6,7)8/h3,10H,2,9H2,1H3. The summed E-state index contributed by atoms with van der Waals surface area (Å²) in [6, 6.07) is 0. The number of carbonyl (C=O) groups is 1. The van der Waals surface area contributed by atoms with Gasteiger partial charge in [-0.1, -0.05) is 0 Å². The molecular weight excluding hydrogens is 257 g/mol. The second-order valence-corrected chi connectivity index (χ2v) is 4.21. The van der Waals surface area contributed by atoms with E-state index in [1.54, 1.807) is 0 Å². The van der Waals surface area contributed by atoms with E-state index < -0.39 is 34.3 Å². The summed E-state index contributed by atoms with van der Waals surface area (Å²) >= 11 is 0. The molecule has 0 saturated heterocycles. The molecule has 0 aromatic carbocycles. The van der Waals surface area contributed by atoms with Crippen LogP contribution in [0, 0.1) is 0 Å². The number of hydrogen-bond acceptors (Lipinski definition) is 6. The summed E-state index contributed by atoms with van der Waals surface area (Å²) in [7, 11) is -4.33. The Labute approximate surface area is 88.7 Å². The Hall–Kier alpha value is -0.910. The van der Waals surface area contributed by atoms with Gasteiger partial charge in [0, 0.05) is 0 Å². The lowest BCUT2D eigenvalue weighted by Gasteiger charge is -2.10. The van der Waals surface area contributed by atoms with Gasteiger partial charge in [0.1, 0.15) is 6.23 Å². The number of nitrogens with two attached hydrogens (primary N) is 1. The summed E-state index contributed by atoms with van der Waals surface area (Å²) in [5.41, 5.74) is 5.02. The Morgan fingerprint density at radius 1 is 1.50 bits per heavy atom. The second-order valence-electron chi connectivity index (χ2n) is 2.57. The number of alkyl halides is 3. The van der Waals surface area contributed by atoms with E-state index in [-0.39, 0.29) is 0 Å². The third-order valence-electron chi connectivity index (χ3n) is 0.979. The monoisotopic (exact) mass is 266 g/mol. The number of nitrogens with one attached hydrogen (secondary N) is 1. The third-order valence-corrected chi connectivity index (χ3v) is 1.76. The fraction of sp³-hybridized carbons (Fsp3) is 0.800. The molecule has 11 heteroatoms. The van der Waals surface area contributed by atoms with Crippen molar-refractivity contribution in [1.82, 2.24) is 4.89 Å². The number of carbonyl (C=O) groups excluding carboxylic acids is 1. The van der Waals surface area contributed by atoms with Gasteiger partial charge in [-0.05, 0) is 11.8 Å². The first-order valence-corrected chi connectivity index (χ1v) is 5.34. The number of ether oxygens (including phenoxy) is 1. The largest absolute Gasteiger partial charge is 0.492 e. The number of hydrogen-bond donors (Lipinski definition) is 2. The van der Waals surface area contributed by atoms with Crippen molar-refractivity contribution in [2.45, 2.75) is 19.3 Å². The molecule has 0 saturated carbocycles. The van der Waals surface area contributed by atoms with Gasteiger partial charge in [0.05, 0.1) is 0 Å². The summed E-state index contributed by atoms with van der Waals surface area (Å²) in [5, 5.41) is 0. The Morgan fingerprint density at radius 2 is 2.00 bits per heavy atom. The minimum Gasteiger partial charge on any atom is -0.348 e. The number of halogens is 3. The Morgan fingerprint density at radius 3 is 2.38 bits per heavy atom. The van der Waals surface area contributed by atoms with Crippen molar-refractivity contribution < 1.29 is 36.0 Å². The van der Waals surface area contributed by atoms with E-state index in [9.17, 15) is 26.4 Å². The van der Waals surface area contributed by atoms with Gasteiger partial charge in [-0.15, -0.1) is 0 Å². The second kappa shape index (κ2) is 5.43. The Bertz CT molecular complexity index is 338. The molecule has 0 aromatic heterocycles. The molecule has 16 heavy (non-hydrogen) atoms. The Kier molecular flexibility index (Phi) is 5.12. The van der Waals surface area contributed by atoms with E-state index in [0.717, 1.165) is 4.89 Å². The van der Waals surface area contributed by atoms with Gasteiger partial charge in [-0.25, -0.2) is 13.2 Å². The van der Waals surface area contributed by atoms with Crippen LogP contribution in [-0.4, -0.2) is 32.7 Å². The van der Waals surface area contributed by atoms with Crippen molar-refractivity contribution in [3.05, 3.63) is 0 Å². The molecule has 7 nitrogen and oxygen atoms in total. The molecule has 0 aromatic rings. The third kappa shape index (κ3) is 6.55. The SMILES string of the molecule is CC(N)OCS(=O)(=O)NOC(=O)C(F)(F)F. The molecule has 1 atom stereocenters. The van der Waals surface area contributed by atoms with Gasteiger partial charge in [-0.2, -0.15) is 13.2 Å². The maximum absolute atomic E-state index is 11.6. The minimum absolute atomic E-state index is 0.935. The van der Waals surface area contributed by atoms with Crippen molar-refractivity contribution in [3.63, 3.8) is 0 Å². The van der Waals surface area contributed by atoms with Crippen LogP contribution in [0.2, 0.25) is 0 Å². The van der Waals surface area contributed by atoms with Crippen molar-refractivity contribution >= 4 is 16.0 Å². The zero-order valence-electron chi connectivity index (χ0n) is 7.95. The average molecular weight is 266 g/mol. The number of rotatable bonds is 5. The fourth-order valence-corrected chi connectivity index (χ4v) is 1.02. The molecule has 0 rings (SSSR count). The number of sulfonamides is 1. The van der Waals surface area contributed by atoms with Crippen LogP contribution >= 0.6 is 0 Å². The first-order valence-electron chi connectivity index (χ1n) is 3.69. The van der Waals surface area contributed by atoms with Crippen molar-refractivity contribution in [1.29, 1.82) is 0 Å². The molecule has 0 aliphatic heterocycles. The zero-order chi connectivity index (χ0) is 13.0. The first kappa shape index (κ1) is 15.1. The van der Waals surface area contributed by atoms with Crippen LogP contribution < -0.4 is 10.6 Å². The minimum atomic E-state index is -5.29. The normalized spacial score (nSPS) is 14.6. The van der Waals surface area contributed by atoms with Crippen LogP contribution in [-0.2, 0) is 24.4 Å². The quantitative estimate of drug-likeness (QED) is 0.498. The van der Waals surface area contributed by atoms with Gasteiger partial charge < -0.3 is 15.3 Å². The lowest BCUT2D eigenvalue weighted by molar-refractivity contribution is -0.203. The van der Waals surface area contributed by atoms with Gasteiger partial charge in [0.2, 0.25) is 0 Å². The zero-order valence-corrected chi connectivity index (χ0v) is 8.76. The molecule has 3 N–H and O–H groups in total. The molecule has 0 aliphatic rings. The van der Waals surface area contributed by atoms with E-state index in [0.29, 0.717) is 0 Å². The molecule has 1 unspecified atom stereocenters. The lowest BCUT2D eigenvalue weighted by Crippen LogP contribution is -2.37. The van der Waals surface area contributed by atoms with Gasteiger partial charge in [0.25, 0.3) is 10.0 Å². The van der Waals surface area contributed by atoms with Gasteiger partial charge in [0.15, 0.2) is 5.94 Å². The van der Waals surface area contributed by atoms with Crippen molar-refractivity contribution in [2.24, 2.45) is 5.73 Å². The average Bonchev–Trinajstić information content (AvgIpc) is 2.10. The fourth-order valence-electron chi connectivity index (χ4n) is 0.380. The van der Waals surface area contributed by atoms with Crippen LogP contribution in [0.1, 0.15) is 6.92 Å². The van der Waals surface area contributed by atoms with Crippen LogP contribution in [0.25, 0.3) is 0 Å². The Balaban J connectivity index is 4.15. The maximum atomic E-state index is 11.6. The lowest BCUT2D eigenvalue weighted by atomic mass is 10.7. The molecule has 0 radical (unpaired) electrons. The topological polar surface area (TPSA) is 108 Å². The summed E-state index contributed by atoms with van der Waals surface area (Å²) in [4.78, 5) is 14.3. The molecular formula is C5H9F3N2O5S. The van der Waals surface area contributed by atoms with Gasteiger partial charge in [-0.3, -0.25) is 0 Å². The highest BCUT2D eigenvalue weighted by atomic mass is 32.2. The molecule has 0 spiro atoms. The molecule has 0 fully saturated rings. The predicted molar refractivity (Wildman–Crippen MR) is 43.8 cm³/mol. The maximum Gasteiger partial charge on any atom is 0.492 e. The summed E-state index contributed by atoms with van der Waals surface area (Å²) in [5.74, 6) is -3.72. The highest BCUT2D eigenvalue weighted by molar-refractivity contribution is 7.89. The van der Waals surface area contributed by atoms with Crippen molar-refractivity contribution in [3.8, 4) is 0 Å². The summed E-state index contributed by atoms with van der Waals surface area (Å²) < 4.78 is 60.8. The van der Waals surface area contributed by atoms with E-state index in [2.05, 4.69) is 9.57 Å².